The van der Waals surface area contributed by atoms with Crippen molar-refractivity contribution in [3.63, 3.8) is 0 Å². The van der Waals surface area contributed by atoms with Gasteiger partial charge in [-0.25, -0.2) is 0 Å². The largest absolute Gasteiger partial charge is 0.461 e. The first kappa shape index (κ1) is 15.0. The van der Waals surface area contributed by atoms with E-state index in [4.69, 9.17) is 9.47 Å². The first-order valence-corrected chi connectivity index (χ1v) is 8.41. The second-order valence-electron chi connectivity index (χ2n) is 5.62. The molecule has 0 unspecified atom stereocenters. The van der Waals surface area contributed by atoms with Crippen LogP contribution in [0.5, 0.6) is 0 Å². The molecule has 0 amide bonds. The highest BCUT2D eigenvalue weighted by atomic mass is 32.1. The summed E-state index contributed by atoms with van der Waals surface area (Å²) in [6.07, 6.45) is 0.789. The molecule has 0 aromatic carbocycles. The average molecular weight is 310 g/mol. The van der Waals surface area contributed by atoms with Gasteiger partial charge in [-0.2, -0.15) is 0 Å². The van der Waals surface area contributed by atoms with Crippen molar-refractivity contribution in [2.24, 2.45) is 0 Å². The Kier molecular flexibility index (Phi) is 4.90. The molecule has 3 heterocycles. The van der Waals surface area contributed by atoms with Gasteiger partial charge in [-0.1, -0.05) is 6.07 Å². The molecule has 1 aromatic heterocycles. The van der Waals surface area contributed by atoms with Gasteiger partial charge in [0.15, 0.2) is 0 Å². The van der Waals surface area contributed by atoms with E-state index in [9.17, 15) is 4.79 Å². The molecular formula is C15H22N2O3S. The van der Waals surface area contributed by atoms with Gasteiger partial charge in [-0.3, -0.25) is 9.69 Å². The second kappa shape index (κ2) is 6.87. The van der Waals surface area contributed by atoms with Crippen molar-refractivity contribution in [1.82, 2.24) is 10.2 Å². The third-order valence-corrected chi connectivity index (χ3v) is 5.06. The van der Waals surface area contributed by atoms with Crippen LogP contribution in [0.3, 0.4) is 0 Å². The Balaban J connectivity index is 1.63. The standard InChI is InChI=1S/C15H22N2O3S/c1-11-9-12(15(18)20-11)16-10-13(14-3-2-8-21-14)17-4-6-19-7-5-17/h2-3,8,11-13,16H,4-7,9-10H2,1H3/t11-,12-,13+/m1/s1. The molecule has 1 N–H and O–H groups in total. The second-order valence-corrected chi connectivity index (χ2v) is 6.60. The molecule has 21 heavy (non-hydrogen) atoms. The predicted octanol–water partition coefficient (Wildman–Crippen LogP) is 1.42. The molecule has 2 fully saturated rings. The lowest BCUT2D eigenvalue weighted by molar-refractivity contribution is -0.142. The number of ether oxygens (including phenoxy) is 2. The lowest BCUT2D eigenvalue weighted by Crippen LogP contribution is -2.45. The number of hydrogen-bond acceptors (Lipinski definition) is 6. The number of hydrogen-bond donors (Lipinski definition) is 1. The smallest absolute Gasteiger partial charge is 0.323 e. The zero-order chi connectivity index (χ0) is 14.7. The Morgan fingerprint density at radius 3 is 2.90 bits per heavy atom. The van der Waals surface area contributed by atoms with Crippen molar-refractivity contribution >= 4 is 17.3 Å². The molecule has 1 aromatic rings. The summed E-state index contributed by atoms with van der Waals surface area (Å²) >= 11 is 1.77. The molecule has 0 aliphatic carbocycles. The first-order valence-electron chi connectivity index (χ1n) is 7.53. The fraction of sp³-hybridized carbons (Fsp3) is 0.667. The van der Waals surface area contributed by atoms with Crippen LogP contribution in [0.25, 0.3) is 0 Å². The SMILES string of the molecule is C[C@@H]1C[C@@H](NC[C@@H](c2cccs2)N2CCOCC2)C(=O)O1. The van der Waals surface area contributed by atoms with Gasteiger partial charge in [0.2, 0.25) is 0 Å². The van der Waals surface area contributed by atoms with E-state index in [-0.39, 0.29) is 18.1 Å². The summed E-state index contributed by atoms with van der Waals surface area (Å²) in [6.45, 7) is 6.16. The van der Waals surface area contributed by atoms with Crippen molar-refractivity contribution in [1.29, 1.82) is 0 Å². The maximum atomic E-state index is 11.7. The van der Waals surface area contributed by atoms with Crippen molar-refractivity contribution in [3.05, 3.63) is 22.4 Å². The lowest BCUT2D eigenvalue weighted by atomic mass is 10.1. The van der Waals surface area contributed by atoms with Gasteiger partial charge < -0.3 is 14.8 Å². The zero-order valence-electron chi connectivity index (χ0n) is 12.3. The minimum absolute atomic E-state index is 0.0265. The number of nitrogens with one attached hydrogen (secondary N) is 1. The fourth-order valence-corrected chi connectivity index (χ4v) is 3.82. The number of nitrogens with zero attached hydrogens (tertiary/aromatic N) is 1. The van der Waals surface area contributed by atoms with E-state index in [1.807, 2.05) is 6.92 Å². The summed E-state index contributed by atoms with van der Waals surface area (Å²) in [5, 5.41) is 5.50. The van der Waals surface area contributed by atoms with Crippen LogP contribution in [0.1, 0.15) is 24.3 Å². The van der Waals surface area contributed by atoms with Crippen LogP contribution in [-0.4, -0.2) is 55.9 Å². The van der Waals surface area contributed by atoms with Gasteiger partial charge in [0, 0.05) is 30.9 Å². The molecule has 3 rings (SSSR count). The Bertz CT molecular complexity index is 459. The number of esters is 1. The molecule has 5 nitrogen and oxygen atoms in total. The number of morpholine rings is 1. The normalized spacial score (nSPS) is 28.5. The molecule has 6 heteroatoms. The molecule has 0 radical (unpaired) electrons. The molecule has 2 saturated heterocycles. The highest BCUT2D eigenvalue weighted by Crippen LogP contribution is 2.26. The molecule has 2 aliphatic rings. The van der Waals surface area contributed by atoms with E-state index in [2.05, 4.69) is 27.7 Å². The molecule has 0 bridgehead atoms. The van der Waals surface area contributed by atoms with Crippen molar-refractivity contribution in [3.8, 4) is 0 Å². The van der Waals surface area contributed by atoms with E-state index in [1.54, 1.807) is 11.3 Å². The van der Waals surface area contributed by atoms with Crippen LogP contribution in [0.15, 0.2) is 17.5 Å². The van der Waals surface area contributed by atoms with Gasteiger partial charge in [0.05, 0.1) is 19.3 Å². The molecule has 116 valence electrons. The van der Waals surface area contributed by atoms with Crippen molar-refractivity contribution in [2.45, 2.75) is 31.5 Å². The van der Waals surface area contributed by atoms with Crippen molar-refractivity contribution < 1.29 is 14.3 Å². The summed E-state index contributed by atoms with van der Waals surface area (Å²) < 4.78 is 10.7. The topological polar surface area (TPSA) is 50.8 Å². The summed E-state index contributed by atoms with van der Waals surface area (Å²) in [5.74, 6) is -0.116. The number of carbonyl (C=O) groups is 1. The van der Waals surface area contributed by atoms with Crippen LogP contribution in [-0.2, 0) is 14.3 Å². The van der Waals surface area contributed by atoms with E-state index in [0.717, 1.165) is 39.3 Å². The van der Waals surface area contributed by atoms with E-state index >= 15 is 0 Å². The Labute approximate surface area is 129 Å². The summed E-state index contributed by atoms with van der Waals surface area (Å²) in [4.78, 5) is 15.5. The first-order chi connectivity index (χ1) is 10.2. The molecule has 2 aliphatic heterocycles. The molecule has 0 saturated carbocycles. The fourth-order valence-electron chi connectivity index (χ4n) is 2.96. The highest BCUT2D eigenvalue weighted by molar-refractivity contribution is 7.10. The monoisotopic (exact) mass is 310 g/mol. The lowest BCUT2D eigenvalue weighted by Gasteiger charge is -2.34. The van der Waals surface area contributed by atoms with E-state index < -0.39 is 0 Å². The van der Waals surface area contributed by atoms with Gasteiger partial charge in [0.1, 0.15) is 12.1 Å². The maximum absolute atomic E-state index is 11.7. The minimum Gasteiger partial charge on any atom is -0.461 e. The van der Waals surface area contributed by atoms with Gasteiger partial charge in [-0.15, -0.1) is 11.3 Å². The predicted molar refractivity (Wildman–Crippen MR) is 81.4 cm³/mol. The number of thiophene rings is 1. The number of carbonyl (C=O) groups excluding carboxylic acids is 1. The van der Waals surface area contributed by atoms with E-state index in [1.165, 1.54) is 4.88 Å². The van der Waals surface area contributed by atoms with E-state index in [0.29, 0.717) is 6.04 Å². The Morgan fingerprint density at radius 2 is 2.29 bits per heavy atom. The highest BCUT2D eigenvalue weighted by Gasteiger charge is 2.33. The molecular weight excluding hydrogens is 288 g/mol. The van der Waals surface area contributed by atoms with Crippen LogP contribution in [0.2, 0.25) is 0 Å². The summed E-state index contributed by atoms with van der Waals surface area (Å²) in [7, 11) is 0. The van der Waals surface area contributed by atoms with Crippen LogP contribution < -0.4 is 5.32 Å². The van der Waals surface area contributed by atoms with Crippen LogP contribution in [0.4, 0.5) is 0 Å². The zero-order valence-corrected chi connectivity index (χ0v) is 13.1. The molecule has 0 spiro atoms. The van der Waals surface area contributed by atoms with Gasteiger partial charge >= 0.3 is 5.97 Å². The summed E-state index contributed by atoms with van der Waals surface area (Å²) in [5.41, 5.74) is 0. The third-order valence-electron chi connectivity index (χ3n) is 4.09. The van der Waals surface area contributed by atoms with Gasteiger partial charge in [0.25, 0.3) is 0 Å². The Morgan fingerprint density at radius 1 is 1.48 bits per heavy atom. The van der Waals surface area contributed by atoms with Crippen LogP contribution in [0, 0.1) is 0 Å². The number of rotatable bonds is 5. The third kappa shape index (κ3) is 3.63. The average Bonchev–Trinajstić information content (AvgIpc) is 3.11. The molecule has 3 atom stereocenters. The number of cyclic esters (lactones) is 1. The van der Waals surface area contributed by atoms with Gasteiger partial charge in [-0.05, 0) is 18.4 Å². The minimum atomic E-state index is -0.163. The van der Waals surface area contributed by atoms with Crippen LogP contribution >= 0.6 is 11.3 Å². The maximum Gasteiger partial charge on any atom is 0.323 e. The van der Waals surface area contributed by atoms with Crippen molar-refractivity contribution in [2.75, 3.05) is 32.8 Å². The quantitative estimate of drug-likeness (QED) is 0.834. The Hall–Kier alpha value is -0.950. The summed E-state index contributed by atoms with van der Waals surface area (Å²) in [6, 6.07) is 4.39.